The second-order valence-corrected chi connectivity index (χ2v) is 3.70. The fraction of sp³-hybridized carbons (Fsp3) is 0.500. The zero-order valence-electron chi connectivity index (χ0n) is 8.66. The number of carbonyl (C=O) groups is 1. The molecule has 1 unspecified atom stereocenters. The van der Waals surface area contributed by atoms with Gasteiger partial charge in [-0.2, -0.15) is 0 Å². The summed E-state index contributed by atoms with van der Waals surface area (Å²) < 4.78 is 1.60. The molecular weight excluding hydrogens is 178 g/mol. The van der Waals surface area contributed by atoms with Gasteiger partial charge in [-0.3, -0.25) is 14.9 Å². The van der Waals surface area contributed by atoms with Crippen molar-refractivity contribution >= 4 is 5.91 Å². The minimum atomic E-state index is -0.793. The number of nitrogens with two attached hydrogens (primary N) is 1. The molecule has 3 N–H and O–H groups in total. The number of nitrogens with zero attached hydrogens (tertiary/aromatic N) is 1. The molecule has 0 saturated heterocycles. The average molecular weight is 195 g/mol. The summed E-state index contributed by atoms with van der Waals surface area (Å²) in [7, 11) is 0. The van der Waals surface area contributed by atoms with E-state index in [0.717, 1.165) is 6.42 Å². The van der Waals surface area contributed by atoms with Gasteiger partial charge in [0.15, 0.2) is 0 Å². The maximum Gasteiger partial charge on any atom is 0.258 e. The summed E-state index contributed by atoms with van der Waals surface area (Å²) in [6.45, 7) is 3.75. The number of rotatable bonds is 4. The van der Waals surface area contributed by atoms with Gasteiger partial charge in [0.1, 0.15) is 0 Å². The molecule has 1 rings (SSSR count). The Morgan fingerprint density at radius 3 is 2.57 bits per heavy atom. The van der Waals surface area contributed by atoms with Crippen LogP contribution in [0.2, 0.25) is 0 Å². The maximum atomic E-state index is 11.7. The van der Waals surface area contributed by atoms with Gasteiger partial charge in [0.05, 0.1) is 5.54 Å². The molecule has 1 aromatic rings. The Morgan fingerprint density at radius 1 is 1.50 bits per heavy atom. The third-order valence-corrected chi connectivity index (χ3v) is 2.12. The molecule has 0 spiro atoms. The van der Waals surface area contributed by atoms with Crippen LogP contribution in [0.5, 0.6) is 0 Å². The molecule has 0 bridgehead atoms. The Kier molecular flexibility index (Phi) is 3.30. The van der Waals surface area contributed by atoms with Crippen LogP contribution in [0.3, 0.4) is 0 Å². The first-order chi connectivity index (χ1) is 6.56. The van der Waals surface area contributed by atoms with Crippen LogP contribution in [0.4, 0.5) is 0 Å². The van der Waals surface area contributed by atoms with Crippen LogP contribution in [0.1, 0.15) is 26.7 Å². The van der Waals surface area contributed by atoms with Gasteiger partial charge in [-0.25, -0.2) is 0 Å². The van der Waals surface area contributed by atoms with Crippen LogP contribution in [0.15, 0.2) is 24.5 Å². The van der Waals surface area contributed by atoms with E-state index in [-0.39, 0.29) is 5.91 Å². The van der Waals surface area contributed by atoms with Crippen molar-refractivity contribution in [2.75, 3.05) is 5.43 Å². The standard InChI is InChI=1S/C10H17N3O/c1-3-6-10(2,11)9(14)12-13-7-4-5-8-13/h4-5,7-8H,3,6,11H2,1-2H3,(H,12,14). The molecule has 0 saturated carbocycles. The fourth-order valence-electron chi connectivity index (χ4n) is 1.29. The predicted molar refractivity (Wildman–Crippen MR) is 56.3 cm³/mol. The van der Waals surface area contributed by atoms with Gasteiger partial charge < -0.3 is 5.73 Å². The highest BCUT2D eigenvalue weighted by Crippen LogP contribution is 2.08. The van der Waals surface area contributed by atoms with E-state index in [1.54, 1.807) is 24.0 Å². The fourth-order valence-corrected chi connectivity index (χ4v) is 1.29. The van der Waals surface area contributed by atoms with Crippen molar-refractivity contribution in [3.05, 3.63) is 24.5 Å². The molecule has 0 radical (unpaired) electrons. The number of carbonyl (C=O) groups excluding carboxylic acids is 1. The minimum Gasteiger partial charge on any atom is -0.318 e. The highest BCUT2D eigenvalue weighted by Gasteiger charge is 2.27. The molecule has 0 aliphatic heterocycles. The summed E-state index contributed by atoms with van der Waals surface area (Å²) in [4.78, 5) is 11.7. The molecule has 4 nitrogen and oxygen atoms in total. The lowest BCUT2D eigenvalue weighted by Gasteiger charge is -2.22. The largest absolute Gasteiger partial charge is 0.318 e. The van der Waals surface area contributed by atoms with E-state index in [0.29, 0.717) is 6.42 Å². The maximum absolute atomic E-state index is 11.7. The lowest BCUT2D eigenvalue weighted by Crippen LogP contribution is -2.50. The molecule has 0 fully saturated rings. The minimum absolute atomic E-state index is 0.157. The van der Waals surface area contributed by atoms with E-state index >= 15 is 0 Å². The zero-order valence-corrected chi connectivity index (χ0v) is 8.66. The van der Waals surface area contributed by atoms with E-state index in [4.69, 9.17) is 5.73 Å². The molecular formula is C10H17N3O. The highest BCUT2D eigenvalue weighted by atomic mass is 16.2. The lowest BCUT2D eigenvalue weighted by molar-refractivity contribution is -0.121. The lowest BCUT2D eigenvalue weighted by atomic mass is 9.97. The van der Waals surface area contributed by atoms with Gasteiger partial charge in [0.2, 0.25) is 0 Å². The summed E-state index contributed by atoms with van der Waals surface area (Å²) in [5.74, 6) is -0.157. The van der Waals surface area contributed by atoms with Gasteiger partial charge in [-0.1, -0.05) is 13.3 Å². The summed E-state index contributed by atoms with van der Waals surface area (Å²) in [5.41, 5.74) is 7.77. The van der Waals surface area contributed by atoms with E-state index in [1.165, 1.54) is 0 Å². The Labute approximate surface area is 84.1 Å². The van der Waals surface area contributed by atoms with Crippen LogP contribution >= 0.6 is 0 Å². The van der Waals surface area contributed by atoms with Gasteiger partial charge in [0.25, 0.3) is 5.91 Å². The molecule has 1 amide bonds. The Morgan fingerprint density at radius 2 is 2.07 bits per heavy atom. The average Bonchev–Trinajstić information content (AvgIpc) is 2.56. The molecule has 0 aliphatic carbocycles. The van der Waals surface area contributed by atoms with Crippen molar-refractivity contribution in [3.8, 4) is 0 Å². The zero-order chi connectivity index (χ0) is 10.6. The molecule has 1 atom stereocenters. The number of hydrogen-bond donors (Lipinski definition) is 2. The van der Waals surface area contributed by atoms with Crippen LogP contribution < -0.4 is 11.2 Å². The topological polar surface area (TPSA) is 60.1 Å². The molecule has 1 heterocycles. The van der Waals surface area contributed by atoms with Crippen molar-refractivity contribution in [2.24, 2.45) is 5.73 Å². The van der Waals surface area contributed by atoms with E-state index in [1.807, 2.05) is 19.1 Å². The van der Waals surface area contributed by atoms with Crippen molar-refractivity contribution in [1.82, 2.24) is 4.68 Å². The van der Waals surface area contributed by atoms with E-state index in [9.17, 15) is 4.79 Å². The first kappa shape index (κ1) is 10.8. The van der Waals surface area contributed by atoms with Crippen LogP contribution in [-0.2, 0) is 4.79 Å². The molecule has 14 heavy (non-hydrogen) atoms. The van der Waals surface area contributed by atoms with Gasteiger partial charge in [-0.15, -0.1) is 0 Å². The molecule has 0 aliphatic rings. The van der Waals surface area contributed by atoms with Crippen molar-refractivity contribution < 1.29 is 4.79 Å². The Balaban J connectivity index is 2.57. The summed E-state index contributed by atoms with van der Waals surface area (Å²) in [6, 6.07) is 3.68. The number of aromatic nitrogens is 1. The van der Waals surface area contributed by atoms with Crippen LogP contribution in [-0.4, -0.2) is 16.1 Å². The third kappa shape index (κ3) is 2.60. The normalized spacial score (nSPS) is 14.8. The Hall–Kier alpha value is -1.29. The first-order valence-corrected chi connectivity index (χ1v) is 4.79. The van der Waals surface area contributed by atoms with Gasteiger partial charge in [0, 0.05) is 12.4 Å². The summed E-state index contributed by atoms with van der Waals surface area (Å²) in [5, 5.41) is 0. The van der Waals surface area contributed by atoms with Crippen molar-refractivity contribution in [1.29, 1.82) is 0 Å². The van der Waals surface area contributed by atoms with E-state index < -0.39 is 5.54 Å². The highest BCUT2D eigenvalue weighted by molar-refractivity contribution is 5.92. The number of nitrogens with one attached hydrogen (secondary N) is 1. The Bertz CT molecular complexity index is 290. The number of amides is 1. The van der Waals surface area contributed by atoms with Gasteiger partial charge in [-0.05, 0) is 25.5 Å². The third-order valence-electron chi connectivity index (χ3n) is 2.12. The first-order valence-electron chi connectivity index (χ1n) is 4.79. The summed E-state index contributed by atoms with van der Waals surface area (Å²) >= 11 is 0. The quantitative estimate of drug-likeness (QED) is 0.755. The number of hydrogen-bond acceptors (Lipinski definition) is 2. The molecule has 0 aromatic carbocycles. The smallest absolute Gasteiger partial charge is 0.258 e. The van der Waals surface area contributed by atoms with Crippen LogP contribution in [0.25, 0.3) is 0 Å². The monoisotopic (exact) mass is 195 g/mol. The van der Waals surface area contributed by atoms with Crippen LogP contribution in [0, 0.1) is 0 Å². The predicted octanol–water partition coefficient (Wildman–Crippen LogP) is 1.08. The molecule has 4 heteroatoms. The van der Waals surface area contributed by atoms with Crippen molar-refractivity contribution in [2.45, 2.75) is 32.2 Å². The second kappa shape index (κ2) is 4.28. The molecule has 78 valence electrons. The summed E-state index contributed by atoms with van der Waals surface area (Å²) in [6.07, 6.45) is 5.10. The molecule has 1 aromatic heterocycles. The second-order valence-electron chi connectivity index (χ2n) is 3.70. The SMILES string of the molecule is CCCC(C)(N)C(=O)Nn1cccc1. The van der Waals surface area contributed by atoms with E-state index in [2.05, 4.69) is 5.43 Å². The van der Waals surface area contributed by atoms with Crippen molar-refractivity contribution in [3.63, 3.8) is 0 Å². The van der Waals surface area contributed by atoms with Gasteiger partial charge >= 0.3 is 0 Å².